The zero-order chi connectivity index (χ0) is 30.5. The molecule has 7 N–H and O–H groups in total. The largest absolute Gasteiger partial charge is 0.505 e. The second-order valence-electron chi connectivity index (χ2n) is 8.67. The highest BCUT2D eigenvalue weighted by molar-refractivity contribution is 6.33. The maximum absolute atomic E-state index is 12.7. The number of carbonyl (C=O) groups is 2. The van der Waals surface area contributed by atoms with Crippen molar-refractivity contribution in [2.24, 2.45) is 0 Å². The number of nitrogens with two attached hydrogens (primary N) is 2. The first-order chi connectivity index (χ1) is 19.6. The molecular formula is C33H37ClN4O3. The second-order valence-corrected chi connectivity index (χ2v) is 9.07. The number of phenolic OH excluding ortho intramolecular Hbond substituents is 1. The molecule has 0 saturated carbocycles. The van der Waals surface area contributed by atoms with Crippen molar-refractivity contribution in [2.75, 3.05) is 16.8 Å². The summed E-state index contributed by atoms with van der Waals surface area (Å²) in [6, 6.07) is 21.1. The van der Waals surface area contributed by atoms with E-state index in [1.807, 2.05) is 58.0 Å². The van der Waals surface area contributed by atoms with Crippen molar-refractivity contribution in [2.45, 2.75) is 34.6 Å². The number of fused-ring (bicyclic) bond motifs is 1. The molecule has 0 aliphatic rings. The number of hydrogen-bond donors (Lipinski definition) is 5. The van der Waals surface area contributed by atoms with Gasteiger partial charge in [-0.1, -0.05) is 67.9 Å². The number of nitrogen functional groups attached to an aromatic ring is 2. The fourth-order valence-electron chi connectivity index (χ4n) is 3.71. The Morgan fingerprint density at radius 3 is 2.17 bits per heavy atom. The van der Waals surface area contributed by atoms with Crippen LogP contribution in [-0.4, -0.2) is 16.9 Å². The molecule has 0 bridgehead atoms. The van der Waals surface area contributed by atoms with Crippen molar-refractivity contribution in [3.63, 3.8) is 0 Å². The van der Waals surface area contributed by atoms with E-state index in [1.165, 1.54) is 6.07 Å². The number of benzene rings is 4. The zero-order valence-electron chi connectivity index (χ0n) is 24.0. The van der Waals surface area contributed by atoms with Crippen LogP contribution in [-0.2, 0) is 0 Å². The maximum atomic E-state index is 12.7. The summed E-state index contributed by atoms with van der Waals surface area (Å²) in [5, 5.41) is 17.8. The summed E-state index contributed by atoms with van der Waals surface area (Å²) >= 11 is 5.66. The van der Waals surface area contributed by atoms with Gasteiger partial charge in [-0.3, -0.25) is 9.59 Å². The Labute approximate surface area is 246 Å². The van der Waals surface area contributed by atoms with E-state index in [9.17, 15) is 14.7 Å². The fourth-order valence-corrected chi connectivity index (χ4v) is 3.83. The van der Waals surface area contributed by atoms with E-state index in [0.717, 1.165) is 5.56 Å². The van der Waals surface area contributed by atoms with Crippen molar-refractivity contribution in [1.29, 1.82) is 0 Å². The standard InChI is InChI=1S/C24H23N3O3.C7H8ClN.C2H6/c1-3-8-17(4-2)26-24(30)20-14-16-13-15(11-12-19(16)21(25)22(20)28)23(29)27-18-9-6-5-7-10-18;1-5-2-3-6(8)7(9)4-5;1-2/h3-14,28H,25H2,1-2H3,(H,26,30)(H,27,29);2-4H,9H2,1H3;1-2H3/b8-3-,17-4+;;. The quantitative estimate of drug-likeness (QED) is 0.0944. The average molecular weight is 573 g/mol. The fraction of sp³-hybridized carbons (Fsp3) is 0.152. The van der Waals surface area contributed by atoms with Gasteiger partial charge in [0.15, 0.2) is 5.75 Å². The molecule has 8 heteroatoms. The lowest BCUT2D eigenvalue weighted by Gasteiger charge is -2.13. The summed E-state index contributed by atoms with van der Waals surface area (Å²) in [5.41, 5.74) is 15.1. The van der Waals surface area contributed by atoms with Crippen LogP contribution in [0.1, 0.15) is 54.0 Å². The van der Waals surface area contributed by atoms with E-state index in [-0.39, 0.29) is 22.9 Å². The highest BCUT2D eigenvalue weighted by atomic mass is 35.5. The number of para-hydroxylation sites is 1. The molecule has 4 aromatic carbocycles. The Balaban J connectivity index is 0.000000450. The van der Waals surface area contributed by atoms with Crippen molar-refractivity contribution in [3.8, 4) is 5.75 Å². The number of hydrogen-bond acceptors (Lipinski definition) is 5. The first-order valence-electron chi connectivity index (χ1n) is 13.2. The molecule has 0 aliphatic carbocycles. The van der Waals surface area contributed by atoms with E-state index in [2.05, 4.69) is 10.6 Å². The van der Waals surface area contributed by atoms with Crippen LogP contribution in [0.25, 0.3) is 10.8 Å². The van der Waals surface area contributed by atoms with Crippen LogP contribution < -0.4 is 22.1 Å². The van der Waals surface area contributed by atoms with E-state index >= 15 is 0 Å². The molecule has 0 radical (unpaired) electrons. The number of nitrogens with one attached hydrogen (secondary N) is 2. The molecule has 214 valence electrons. The third kappa shape index (κ3) is 8.88. The lowest BCUT2D eigenvalue weighted by molar-refractivity contribution is 0.0963. The minimum atomic E-state index is -0.494. The topological polar surface area (TPSA) is 130 Å². The van der Waals surface area contributed by atoms with Gasteiger partial charge in [-0.25, -0.2) is 0 Å². The van der Waals surface area contributed by atoms with Crippen molar-refractivity contribution < 1.29 is 14.7 Å². The molecule has 4 rings (SSSR count). The molecule has 0 fully saturated rings. The summed E-state index contributed by atoms with van der Waals surface area (Å²) in [6.45, 7) is 9.61. The van der Waals surface area contributed by atoms with Crippen LogP contribution in [0.3, 0.4) is 0 Å². The highest BCUT2D eigenvalue weighted by Crippen LogP contribution is 2.34. The number of allylic oxidation sites excluding steroid dienone is 3. The van der Waals surface area contributed by atoms with Gasteiger partial charge < -0.3 is 27.2 Å². The lowest BCUT2D eigenvalue weighted by atomic mass is 10.0. The van der Waals surface area contributed by atoms with Gasteiger partial charge in [0, 0.05) is 22.3 Å². The molecule has 0 aromatic heterocycles. The van der Waals surface area contributed by atoms with Gasteiger partial charge >= 0.3 is 0 Å². The van der Waals surface area contributed by atoms with Gasteiger partial charge in [0.05, 0.1) is 22.0 Å². The van der Waals surface area contributed by atoms with Crippen molar-refractivity contribution >= 4 is 51.2 Å². The Morgan fingerprint density at radius 2 is 1.59 bits per heavy atom. The van der Waals surface area contributed by atoms with Gasteiger partial charge in [-0.05, 0) is 80.3 Å². The first-order valence-corrected chi connectivity index (χ1v) is 13.6. The molecule has 0 spiro atoms. The Hall–Kier alpha value is -4.75. The number of amides is 2. The Kier molecular flexibility index (Phi) is 12.5. The number of halogens is 1. The van der Waals surface area contributed by atoms with E-state index < -0.39 is 5.91 Å². The van der Waals surface area contributed by atoms with Gasteiger partial charge in [0.25, 0.3) is 11.8 Å². The summed E-state index contributed by atoms with van der Waals surface area (Å²) in [6.07, 6.45) is 5.28. The van der Waals surface area contributed by atoms with E-state index in [0.29, 0.717) is 38.4 Å². The lowest BCUT2D eigenvalue weighted by Crippen LogP contribution is -2.22. The SMILES string of the molecule is C/C=C\C(=C/C)NC(=O)c1cc2cc(C(=O)Nc3ccccc3)ccc2c(N)c1O.CC.Cc1ccc(Cl)c(N)c1. The normalized spacial score (nSPS) is 10.7. The summed E-state index contributed by atoms with van der Waals surface area (Å²) in [5.74, 6) is -1.08. The van der Waals surface area contributed by atoms with E-state index in [1.54, 1.807) is 61.5 Å². The molecule has 0 atom stereocenters. The Bertz CT molecular complexity index is 1560. The minimum absolute atomic E-state index is 0.0319. The second kappa shape index (κ2) is 15.7. The summed E-state index contributed by atoms with van der Waals surface area (Å²) in [4.78, 5) is 25.3. The molecule has 0 unspecified atom stereocenters. The third-order valence-electron chi connectivity index (χ3n) is 5.76. The molecule has 2 amide bonds. The van der Waals surface area contributed by atoms with Crippen LogP contribution in [0.15, 0.2) is 96.7 Å². The molecular weight excluding hydrogens is 536 g/mol. The average Bonchev–Trinajstić information content (AvgIpc) is 2.98. The van der Waals surface area contributed by atoms with Crippen LogP contribution in [0, 0.1) is 6.92 Å². The number of anilines is 3. The smallest absolute Gasteiger partial charge is 0.259 e. The van der Waals surface area contributed by atoms with Gasteiger partial charge in [0.2, 0.25) is 0 Å². The number of rotatable bonds is 5. The van der Waals surface area contributed by atoms with Crippen LogP contribution in [0.2, 0.25) is 5.02 Å². The first kappa shape index (κ1) is 32.5. The molecule has 7 nitrogen and oxygen atoms in total. The molecule has 41 heavy (non-hydrogen) atoms. The number of carbonyl (C=O) groups excluding carboxylic acids is 2. The molecule has 0 saturated heterocycles. The van der Waals surface area contributed by atoms with Crippen molar-refractivity contribution in [1.82, 2.24) is 5.32 Å². The maximum Gasteiger partial charge on any atom is 0.259 e. The monoisotopic (exact) mass is 572 g/mol. The van der Waals surface area contributed by atoms with Gasteiger partial charge in [-0.2, -0.15) is 0 Å². The summed E-state index contributed by atoms with van der Waals surface area (Å²) < 4.78 is 0. The van der Waals surface area contributed by atoms with Crippen LogP contribution >= 0.6 is 11.6 Å². The highest BCUT2D eigenvalue weighted by Gasteiger charge is 2.18. The third-order valence-corrected chi connectivity index (χ3v) is 6.10. The van der Waals surface area contributed by atoms with Crippen LogP contribution in [0.4, 0.5) is 17.1 Å². The van der Waals surface area contributed by atoms with Crippen molar-refractivity contribution in [3.05, 3.63) is 118 Å². The number of aromatic hydroxyl groups is 1. The van der Waals surface area contributed by atoms with E-state index in [4.69, 9.17) is 23.1 Å². The molecule has 0 aliphatic heterocycles. The minimum Gasteiger partial charge on any atom is -0.505 e. The molecule has 0 heterocycles. The van der Waals surface area contributed by atoms with Gasteiger partial charge in [0.1, 0.15) is 0 Å². The predicted molar refractivity (Wildman–Crippen MR) is 172 cm³/mol. The summed E-state index contributed by atoms with van der Waals surface area (Å²) in [7, 11) is 0. The number of aryl methyl sites for hydroxylation is 1. The number of phenols is 1. The van der Waals surface area contributed by atoms with Gasteiger partial charge in [-0.15, -0.1) is 0 Å². The van der Waals surface area contributed by atoms with Crippen LogP contribution in [0.5, 0.6) is 5.75 Å². The predicted octanol–water partition coefficient (Wildman–Crippen LogP) is 7.85. The molecule has 4 aromatic rings. The zero-order valence-corrected chi connectivity index (χ0v) is 24.7. The Morgan fingerprint density at radius 1 is 0.902 bits per heavy atom.